The molecule has 0 saturated carbocycles. The molecule has 0 spiro atoms. The summed E-state index contributed by atoms with van der Waals surface area (Å²) in [7, 11) is 0. The molecule has 1 unspecified atom stereocenters. The lowest BCUT2D eigenvalue weighted by Crippen LogP contribution is -2.35. The van der Waals surface area contributed by atoms with Gasteiger partial charge in [0.25, 0.3) is 0 Å². The van der Waals surface area contributed by atoms with Gasteiger partial charge in [-0.3, -0.25) is 4.98 Å². The van der Waals surface area contributed by atoms with Crippen LogP contribution in [0.5, 0.6) is 0 Å². The highest BCUT2D eigenvalue weighted by Crippen LogP contribution is 2.31. The van der Waals surface area contributed by atoms with Crippen LogP contribution < -0.4 is 4.90 Å². The Kier molecular flexibility index (Phi) is 4.03. The van der Waals surface area contributed by atoms with E-state index in [1.165, 1.54) is 0 Å². The average molecular weight is 309 g/mol. The zero-order valence-electron chi connectivity index (χ0n) is 10.8. The maximum Gasteiger partial charge on any atom is 0.224 e. The molecule has 0 amide bonds. The van der Waals surface area contributed by atoms with Crippen molar-refractivity contribution < 1.29 is 0 Å². The fourth-order valence-corrected chi connectivity index (χ4v) is 2.93. The van der Waals surface area contributed by atoms with Gasteiger partial charge < -0.3 is 4.90 Å². The quantitative estimate of drug-likeness (QED) is 0.796. The van der Waals surface area contributed by atoms with E-state index in [1.54, 1.807) is 6.20 Å². The number of halogens is 2. The van der Waals surface area contributed by atoms with Gasteiger partial charge in [-0.1, -0.05) is 17.7 Å². The first-order valence-corrected chi connectivity index (χ1v) is 7.33. The summed E-state index contributed by atoms with van der Waals surface area (Å²) in [5.74, 6) is 1.11. The summed E-state index contributed by atoms with van der Waals surface area (Å²) < 4.78 is 0. The smallest absolute Gasteiger partial charge is 0.224 e. The number of nitrogens with zero attached hydrogens (tertiary/aromatic N) is 4. The molecule has 2 aromatic rings. The maximum atomic E-state index is 6.18. The second-order valence-corrected chi connectivity index (χ2v) is 5.60. The summed E-state index contributed by atoms with van der Waals surface area (Å²) in [6, 6.07) is 6.03. The third-order valence-corrected chi connectivity index (χ3v) is 3.97. The van der Waals surface area contributed by atoms with Gasteiger partial charge in [0.15, 0.2) is 5.82 Å². The van der Waals surface area contributed by atoms with Gasteiger partial charge in [0.2, 0.25) is 5.28 Å². The van der Waals surface area contributed by atoms with E-state index in [2.05, 4.69) is 25.9 Å². The average Bonchev–Trinajstić information content (AvgIpc) is 2.51. The minimum Gasteiger partial charge on any atom is -0.355 e. The van der Waals surface area contributed by atoms with Crippen molar-refractivity contribution in [2.75, 3.05) is 18.0 Å². The van der Waals surface area contributed by atoms with E-state index < -0.39 is 0 Å². The lowest BCUT2D eigenvalue weighted by molar-refractivity contribution is 0.498. The van der Waals surface area contributed by atoms with Gasteiger partial charge in [-0.15, -0.1) is 0 Å². The predicted molar refractivity (Wildman–Crippen MR) is 80.5 cm³/mol. The Labute approximate surface area is 127 Å². The van der Waals surface area contributed by atoms with Crippen molar-refractivity contribution in [2.24, 2.45) is 0 Å². The molecule has 1 saturated heterocycles. The van der Waals surface area contributed by atoms with Crippen molar-refractivity contribution in [3.63, 3.8) is 0 Å². The fourth-order valence-electron chi connectivity index (χ4n) is 2.59. The Bertz CT molecular complexity index is 591. The van der Waals surface area contributed by atoms with Gasteiger partial charge in [-0.05, 0) is 36.6 Å². The van der Waals surface area contributed by atoms with Crippen molar-refractivity contribution in [1.82, 2.24) is 15.0 Å². The van der Waals surface area contributed by atoms with Gasteiger partial charge >= 0.3 is 0 Å². The third kappa shape index (κ3) is 2.86. The molecule has 3 rings (SSSR count). The van der Waals surface area contributed by atoms with Crippen LogP contribution in [0.1, 0.15) is 24.5 Å². The van der Waals surface area contributed by atoms with E-state index in [4.69, 9.17) is 23.2 Å². The fraction of sp³-hybridized carbons (Fsp3) is 0.357. The first-order valence-electron chi connectivity index (χ1n) is 6.58. The van der Waals surface area contributed by atoms with E-state index >= 15 is 0 Å². The molecule has 1 aliphatic heterocycles. The van der Waals surface area contributed by atoms with Gasteiger partial charge in [0.1, 0.15) is 5.02 Å². The first kappa shape index (κ1) is 13.6. The Morgan fingerprint density at radius 2 is 2.10 bits per heavy atom. The van der Waals surface area contributed by atoms with Crippen molar-refractivity contribution in [3.05, 3.63) is 46.6 Å². The summed E-state index contributed by atoms with van der Waals surface area (Å²) >= 11 is 12.1. The Hall–Kier alpha value is -1.39. The Morgan fingerprint density at radius 3 is 2.90 bits per heavy atom. The molecule has 1 atom stereocenters. The van der Waals surface area contributed by atoms with Gasteiger partial charge in [-0.25, -0.2) is 4.98 Å². The molecule has 20 heavy (non-hydrogen) atoms. The molecule has 0 N–H and O–H groups in total. The molecule has 104 valence electrons. The summed E-state index contributed by atoms with van der Waals surface area (Å²) in [5, 5.41) is 0.764. The summed E-state index contributed by atoms with van der Waals surface area (Å²) in [4.78, 5) is 14.8. The maximum absolute atomic E-state index is 6.18. The van der Waals surface area contributed by atoms with Crippen LogP contribution in [0.15, 0.2) is 30.6 Å². The molecule has 3 heterocycles. The second-order valence-electron chi connectivity index (χ2n) is 4.85. The van der Waals surface area contributed by atoms with Crippen molar-refractivity contribution >= 4 is 29.0 Å². The van der Waals surface area contributed by atoms with E-state index in [9.17, 15) is 0 Å². The monoisotopic (exact) mass is 308 g/mol. The highest BCUT2D eigenvalue weighted by atomic mass is 35.5. The number of hydrogen-bond donors (Lipinski definition) is 0. The van der Waals surface area contributed by atoms with E-state index in [0.717, 1.165) is 31.6 Å². The normalized spacial score (nSPS) is 19.1. The number of rotatable bonds is 2. The minimum atomic E-state index is 0.226. The molecular weight excluding hydrogens is 295 g/mol. The highest BCUT2D eigenvalue weighted by Gasteiger charge is 2.24. The van der Waals surface area contributed by atoms with Crippen molar-refractivity contribution in [3.8, 4) is 0 Å². The lowest BCUT2D eigenvalue weighted by Gasteiger charge is -2.33. The van der Waals surface area contributed by atoms with Crippen LogP contribution in [-0.2, 0) is 0 Å². The Morgan fingerprint density at radius 1 is 1.20 bits per heavy atom. The molecule has 6 heteroatoms. The number of anilines is 1. The highest BCUT2D eigenvalue weighted by molar-refractivity contribution is 6.33. The minimum absolute atomic E-state index is 0.226. The zero-order valence-corrected chi connectivity index (χ0v) is 12.3. The molecule has 2 aromatic heterocycles. The zero-order chi connectivity index (χ0) is 13.9. The molecule has 0 aliphatic carbocycles. The molecule has 0 radical (unpaired) electrons. The molecule has 1 aliphatic rings. The predicted octanol–water partition coefficient (Wildman–Crippen LogP) is 3.56. The molecule has 1 fully saturated rings. The van der Waals surface area contributed by atoms with E-state index in [0.29, 0.717) is 16.8 Å². The van der Waals surface area contributed by atoms with Crippen molar-refractivity contribution in [1.29, 1.82) is 0 Å². The van der Waals surface area contributed by atoms with Crippen LogP contribution in [0, 0.1) is 0 Å². The molecule has 4 nitrogen and oxygen atoms in total. The van der Waals surface area contributed by atoms with Crippen LogP contribution in [0.2, 0.25) is 10.3 Å². The standard InChI is InChI=1S/C14H14Cl2N4/c15-11-8-18-14(16)19-13(11)20-7-3-4-10(9-20)12-5-1-2-6-17-12/h1-2,5-6,8,10H,3-4,7,9H2. The van der Waals surface area contributed by atoms with Crippen LogP contribution in [0.4, 0.5) is 5.82 Å². The first-order chi connectivity index (χ1) is 9.74. The lowest BCUT2D eigenvalue weighted by atomic mass is 9.94. The second kappa shape index (κ2) is 5.94. The molecule has 0 bridgehead atoms. The van der Waals surface area contributed by atoms with E-state index in [1.807, 2.05) is 18.3 Å². The molecular formula is C14H14Cl2N4. The largest absolute Gasteiger partial charge is 0.355 e. The number of aromatic nitrogens is 3. The summed E-state index contributed by atoms with van der Waals surface area (Å²) in [6.07, 6.45) is 5.60. The van der Waals surface area contributed by atoms with Crippen LogP contribution >= 0.6 is 23.2 Å². The topological polar surface area (TPSA) is 41.9 Å². The summed E-state index contributed by atoms with van der Waals surface area (Å²) in [6.45, 7) is 1.78. The van der Waals surface area contributed by atoms with Gasteiger partial charge in [0.05, 0.1) is 6.20 Å². The third-order valence-electron chi connectivity index (χ3n) is 3.52. The van der Waals surface area contributed by atoms with Crippen LogP contribution in [0.25, 0.3) is 0 Å². The molecule has 0 aromatic carbocycles. The van der Waals surface area contributed by atoms with Gasteiger partial charge in [0, 0.05) is 30.9 Å². The SMILES string of the molecule is Clc1ncc(Cl)c(N2CCCC(c3ccccn3)C2)n1. The Balaban J connectivity index is 1.83. The van der Waals surface area contributed by atoms with Crippen LogP contribution in [-0.4, -0.2) is 28.0 Å². The number of piperidine rings is 1. The van der Waals surface area contributed by atoms with Gasteiger partial charge in [-0.2, -0.15) is 4.98 Å². The number of hydrogen-bond acceptors (Lipinski definition) is 4. The number of pyridine rings is 1. The van der Waals surface area contributed by atoms with Crippen molar-refractivity contribution in [2.45, 2.75) is 18.8 Å². The van der Waals surface area contributed by atoms with E-state index in [-0.39, 0.29) is 5.28 Å². The summed E-state index contributed by atoms with van der Waals surface area (Å²) in [5.41, 5.74) is 1.12. The van der Waals surface area contributed by atoms with Crippen LogP contribution in [0.3, 0.4) is 0 Å².